The summed E-state index contributed by atoms with van der Waals surface area (Å²) in [6.07, 6.45) is 0.430. The van der Waals surface area contributed by atoms with Crippen molar-refractivity contribution in [2.24, 2.45) is 5.73 Å². The second-order valence-electron chi connectivity index (χ2n) is 4.00. The number of methoxy groups -OCH3 is 1. The van der Waals surface area contributed by atoms with Crippen molar-refractivity contribution >= 4 is 17.7 Å². The molecule has 0 saturated heterocycles. The van der Waals surface area contributed by atoms with Gasteiger partial charge in [-0.25, -0.2) is 0 Å². The minimum absolute atomic E-state index is 0.430. The molecule has 4 nitrogen and oxygen atoms in total. The van der Waals surface area contributed by atoms with Gasteiger partial charge in [-0.15, -0.1) is 11.8 Å². The zero-order chi connectivity index (χ0) is 12.9. The lowest BCUT2D eigenvalue weighted by atomic mass is 10.0. The third-order valence-electron chi connectivity index (χ3n) is 2.44. The summed E-state index contributed by atoms with van der Waals surface area (Å²) in [5.74, 6) is 0.516. The number of hydrogen-bond acceptors (Lipinski definition) is 4. The van der Waals surface area contributed by atoms with Crippen molar-refractivity contribution in [2.75, 3.05) is 12.9 Å². The number of carboxylic acids is 1. The highest BCUT2D eigenvalue weighted by Crippen LogP contribution is 2.23. The first-order valence-corrected chi connectivity index (χ1v) is 6.23. The van der Waals surface area contributed by atoms with Crippen LogP contribution in [0, 0.1) is 0 Å². The molecule has 0 amide bonds. The van der Waals surface area contributed by atoms with Crippen LogP contribution in [0.4, 0.5) is 0 Å². The van der Waals surface area contributed by atoms with E-state index in [1.54, 1.807) is 18.9 Å². The fourth-order valence-corrected chi connectivity index (χ4v) is 2.25. The lowest BCUT2D eigenvalue weighted by Crippen LogP contribution is -2.45. The van der Waals surface area contributed by atoms with Gasteiger partial charge in [0.25, 0.3) is 0 Å². The second kappa shape index (κ2) is 5.93. The largest absolute Gasteiger partial charge is 0.497 e. The summed E-state index contributed by atoms with van der Waals surface area (Å²) in [5, 5.41) is 8.86. The molecule has 17 heavy (non-hydrogen) atoms. The van der Waals surface area contributed by atoms with Gasteiger partial charge in [0.2, 0.25) is 0 Å². The monoisotopic (exact) mass is 255 g/mol. The highest BCUT2D eigenvalue weighted by Gasteiger charge is 2.26. The molecule has 1 aromatic rings. The molecule has 5 heteroatoms. The van der Waals surface area contributed by atoms with Crippen LogP contribution in [-0.4, -0.2) is 29.5 Å². The molecule has 1 atom stereocenters. The molecule has 94 valence electrons. The van der Waals surface area contributed by atoms with Crippen molar-refractivity contribution in [1.29, 1.82) is 0 Å². The van der Waals surface area contributed by atoms with Crippen molar-refractivity contribution in [3.8, 4) is 5.75 Å². The van der Waals surface area contributed by atoms with Crippen molar-refractivity contribution in [3.05, 3.63) is 24.3 Å². The molecule has 0 aliphatic carbocycles. The Kier molecular flexibility index (Phi) is 4.84. The molecule has 0 fully saturated rings. The molecule has 0 heterocycles. The average Bonchev–Trinajstić information content (AvgIpc) is 2.29. The molecule has 0 aromatic heterocycles. The number of aliphatic carboxylic acids is 1. The van der Waals surface area contributed by atoms with E-state index in [0.29, 0.717) is 12.2 Å². The van der Waals surface area contributed by atoms with Gasteiger partial charge in [0, 0.05) is 10.6 Å². The van der Waals surface area contributed by atoms with E-state index in [1.807, 2.05) is 24.3 Å². The standard InChI is InChI=1S/C12H17NO3S/c1-12(13,11(14)15)7-8-17-10-5-3-9(16-2)4-6-10/h3-6H,7-8,13H2,1-2H3,(H,14,15). The van der Waals surface area contributed by atoms with E-state index < -0.39 is 11.5 Å². The number of rotatable bonds is 6. The van der Waals surface area contributed by atoms with Gasteiger partial charge in [-0.1, -0.05) is 0 Å². The number of thioether (sulfide) groups is 1. The number of hydrogen-bond donors (Lipinski definition) is 2. The van der Waals surface area contributed by atoms with E-state index in [9.17, 15) is 4.79 Å². The predicted molar refractivity (Wildman–Crippen MR) is 68.6 cm³/mol. The number of carboxylic acid groups (broad SMARTS) is 1. The Morgan fingerprint density at radius 3 is 2.53 bits per heavy atom. The summed E-state index contributed by atoms with van der Waals surface area (Å²) in [6, 6.07) is 7.64. The number of carbonyl (C=O) groups is 1. The van der Waals surface area contributed by atoms with Gasteiger partial charge >= 0.3 is 5.97 Å². The van der Waals surface area contributed by atoms with E-state index >= 15 is 0 Å². The topological polar surface area (TPSA) is 72.5 Å². The summed E-state index contributed by atoms with van der Waals surface area (Å²) in [4.78, 5) is 11.9. The number of nitrogens with two attached hydrogens (primary N) is 1. The molecule has 0 bridgehead atoms. The molecular formula is C12H17NO3S. The molecular weight excluding hydrogens is 238 g/mol. The molecule has 1 unspecified atom stereocenters. The lowest BCUT2D eigenvalue weighted by Gasteiger charge is -2.18. The maximum Gasteiger partial charge on any atom is 0.323 e. The van der Waals surface area contributed by atoms with Gasteiger partial charge in [-0.3, -0.25) is 4.79 Å². The van der Waals surface area contributed by atoms with Crippen LogP contribution in [0.2, 0.25) is 0 Å². The van der Waals surface area contributed by atoms with Gasteiger partial charge in [-0.2, -0.15) is 0 Å². The van der Waals surface area contributed by atoms with E-state index in [-0.39, 0.29) is 0 Å². The van der Waals surface area contributed by atoms with Crippen molar-refractivity contribution in [2.45, 2.75) is 23.8 Å². The van der Waals surface area contributed by atoms with Crippen LogP contribution >= 0.6 is 11.8 Å². The minimum Gasteiger partial charge on any atom is -0.497 e. The van der Waals surface area contributed by atoms with E-state index in [1.165, 1.54) is 6.92 Å². The van der Waals surface area contributed by atoms with Crippen molar-refractivity contribution < 1.29 is 14.6 Å². The molecule has 0 saturated carbocycles. The van der Waals surface area contributed by atoms with Crippen molar-refractivity contribution in [1.82, 2.24) is 0 Å². The van der Waals surface area contributed by atoms with Crippen LogP contribution in [0.25, 0.3) is 0 Å². The maximum atomic E-state index is 10.8. The van der Waals surface area contributed by atoms with Crippen molar-refractivity contribution in [3.63, 3.8) is 0 Å². The highest BCUT2D eigenvalue weighted by molar-refractivity contribution is 7.99. The van der Waals surface area contributed by atoms with Crippen LogP contribution in [0.1, 0.15) is 13.3 Å². The fourth-order valence-electron chi connectivity index (χ4n) is 1.16. The molecule has 0 spiro atoms. The Bertz CT molecular complexity index is 376. The summed E-state index contributed by atoms with van der Waals surface area (Å²) in [7, 11) is 1.62. The van der Waals surface area contributed by atoms with Crippen LogP contribution in [-0.2, 0) is 4.79 Å². The Morgan fingerprint density at radius 1 is 1.47 bits per heavy atom. The first-order chi connectivity index (χ1) is 7.95. The van der Waals surface area contributed by atoms with Crippen LogP contribution in [0.3, 0.4) is 0 Å². The number of ether oxygens (including phenoxy) is 1. The zero-order valence-corrected chi connectivity index (χ0v) is 10.8. The fraction of sp³-hybridized carbons (Fsp3) is 0.417. The van der Waals surface area contributed by atoms with Gasteiger partial charge in [0.15, 0.2) is 0 Å². The minimum atomic E-state index is -1.15. The Balaban J connectivity index is 2.43. The lowest BCUT2D eigenvalue weighted by molar-refractivity contribution is -0.142. The van der Waals surface area contributed by atoms with Gasteiger partial charge in [0.1, 0.15) is 11.3 Å². The molecule has 0 aliphatic heterocycles. The van der Waals surface area contributed by atoms with Crippen LogP contribution in [0.15, 0.2) is 29.2 Å². The van der Waals surface area contributed by atoms with Gasteiger partial charge < -0.3 is 15.6 Å². The summed E-state index contributed by atoms with van der Waals surface area (Å²) < 4.78 is 5.05. The Labute approximate surface area is 105 Å². The predicted octanol–water partition coefficient (Wildman–Crippen LogP) is 1.98. The Hall–Kier alpha value is -1.20. The highest BCUT2D eigenvalue weighted by atomic mass is 32.2. The zero-order valence-electron chi connectivity index (χ0n) is 9.97. The first kappa shape index (κ1) is 13.9. The van der Waals surface area contributed by atoms with E-state index in [2.05, 4.69) is 0 Å². The molecule has 1 aromatic carbocycles. The SMILES string of the molecule is COc1ccc(SCCC(C)(N)C(=O)O)cc1. The average molecular weight is 255 g/mol. The molecule has 1 rings (SSSR count). The molecule has 0 radical (unpaired) electrons. The quantitative estimate of drug-likeness (QED) is 0.760. The van der Waals surface area contributed by atoms with Gasteiger partial charge in [-0.05, 0) is 37.6 Å². The number of benzene rings is 1. The summed E-state index contributed by atoms with van der Waals surface area (Å²) >= 11 is 1.59. The van der Waals surface area contributed by atoms with Crippen LogP contribution in [0.5, 0.6) is 5.75 Å². The van der Waals surface area contributed by atoms with E-state index in [4.69, 9.17) is 15.6 Å². The molecule has 3 N–H and O–H groups in total. The smallest absolute Gasteiger partial charge is 0.323 e. The third-order valence-corrected chi connectivity index (χ3v) is 3.45. The summed E-state index contributed by atoms with van der Waals surface area (Å²) in [6.45, 7) is 1.53. The van der Waals surface area contributed by atoms with Gasteiger partial charge in [0.05, 0.1) is 7.11 Å². The van der Waals surface area contributed by atoms with E-state index in [0.717, 1.165) is 10.6 Å². The second-order valence-corrected chi connectivity index (χ2v) is 5.16. The van der Waals surface area contributed by atoms with Crippen LogP contribution < -0.4 is 10.5 Å². The summed E-state index contributed by atoms with van der Waals surface area (Å²) in [5.41, 5.74) is 4.48. The first-order valence-electron chi connectivity index (χ1n) is 5.25. The molecule has 0 aliphatic rings. The third kappa shape index (κ3) is 4.28. The maximum absolute atomic E-state index is 10.8. The Morgan fingerprint density at radius 2 is 2.06 bits per heavy atom. The normalized spacial score (nSPS) is 14.1.